The second-order valence-electron chi connectivity index (χ2n) is 0.648. The van der Waals surface area contributed by atoms with Gasteiger partial charge in [-0.2, -0.15) is 0 Å². The minimum Gasteiger partial charge on any atom is -0.504 e. The summed E-state index contributed by atoms with van der Waals surface area (Å²) in [4.78, 5) is 9.25. The molecule has 0 atom stereocenters. The molecule has 0 heterocycles. The van der Waals surface area contributed by atoms with Crippen molar-refractivity contribution in [2.75, 3.05) is 0 Å². The molecule has 2 N–H and O–H groups in total. The van der Waals surface area contributed by atoms with Gasteiger partial charge in [-0.15, -0.1) is 0 Å². The van der Waals surface area contributed by atoms with Gasteiger partial charge in [-0.05, 0) is 12.2 Å². The fraction of sp³-hybridized carbons (Fsp3) is 0. The predicted molar refractivity (Wildman–Crippen MR) is 34.1 cm³/mol. The van der Waals surface area contributed by atoms with E-state index in [-0.39, 0.29) is 0 Å². The van der Waals surface area contributed by atoms with Gasteiger partial charge >= 0.3 is 5.97 Å². The van der Waals surface area contributed by atoms with Gasteiger partial charge < -0.3 is 10.2 Å². The van der Waals surface area contributed by atoms with Crippen LogP contribution in [0.4, 0.5) is 0 Å². The zero-order chi connectivity index (χ0) is 6.99. The Hall–Kier alpha value is -0.900. The average molecular weight is 134 g/mol. The second-order valence-corrected chi connectivity index (χ2v) is 0.859. The summed E-state index contributed by atoms with van der Waals surface area (Å²) in [5.74, 6) is -0.981. The van der Waals surface area contributed by atoms with Crippen LogP contribution in [0.5, 0.6) is 0 Å². The number of carboxylic acid groups (broad SMARTS) is 1. The molecule has 0 spiro atoms. The van der Waals surface area contributed by atoms with Crippen LogP contribution in [-0.4, -0.2) is 21.7 Å². The summed E-state index contributed by atoms with van der Waals surface area (Å²) in [6, 6.07) is 0. The van der Waals surface area contributed by atoms with Crippen LogP contribution in [0.25, 0.3) is 0 Å². The molecule has 0 aromatic rings. The van der Waals surface area contributed by atoms with Crippen LogP contribution in [0.3, 0.4) is 0 Å². The van der Waals surface area contributed by atoms with Crippen LogP contribution in [0.15, 0.2) is 12.7 Å². The van der Waals surface area contributed by atoms with Crippen LogP contribution < -0.4 is 0 Å². The van der Waals surface area contributed by atoms with Crippen molar-refractivity contribution >= 4 is 23.7 Å². The lowest BCUT2D eigenvalue weighted by molar-refractivity contribution is -0.131. The lowest BCUT2D eigenvalue weighted by atomic mass is 10.7. The molecular formula is C4H6O3S. The van der Waals surface area contributed by atoms with Crippen LogP contribution in [0.2, 0.25) is 0 Å². The van der Waals surface area contributed by atoms with E-state index in [0.717, 1.165) is 6.08 Å². The Morgan fingerprint density at radius 1 is 1.75 bits per heavy atom. The largest absolute Gasteiger partial charge is 0.504 e. The zero-order valence-corrected chi connectivity index (χ0v) is 4.89. The Morgan fingerprint density at radius 3 is 1.88 bits per heavy atom. The molecule has 0 radical (unpaired) electrons. The molecule has 0 rings (SSSR count). The predicted octanol–water partition coefficient (Wildman–Crippen LogP) is 0.759. The Kier molecular flexibility index (Phi) is 12.0. The third-order valence-corrected chi connectivity index (χ3v) is 0.175. The molecule has 0 aliphatic rings. The zero-order valence-electron chi connectivity index (χ0n) is 4.07. The topological polar surface area (TPSA) is 57.5 Å². The third kappa shape index (κ3) is 70.9. The lowest BCUT2D eigenvalue weighted by Gasteiger charge is -1.64. The van der Waals surface area contributed by atoms with Gasteiger partial charge in [-0.3, -0.25) is 0 Å². The Labute approximate surface area is 52.3 Å². The standard InChI is InChI=1S/C3H4O2.CH2OS/c1-2-3(4)5;2-1-3/h2H,1H2,(H,4,5);1H,(H,2,3). The Bertz CT molecular complexity index is 89.3. The molecule has 0 saturated carbocycles. The number of aliphatic hydroxyl groups is 1. The SMILES string of the molecule is C=CC(=O)O.OC=S. The van der Waals surface area contributed by atoms with Crippen molar-refractivity contribution in [1.82, 2.24) is 0 Å². The fourth-order valence-corrected chi connectivity index (χ4v) is 0. The van der Waals surface area contributed by atoms with Gasteiger partial charge in [0.1, 0.15) is 5.55 Å². The molecule has 0 saturated heterocycles. The molecule has 0 aliphatic heterocycles. The van der Waals surface area contributed by atoms with Crippen molar-refractivity contribution in [3.63, 3.8) is 0 Å². The molecule has 0 aromatic carbocycles. The van der Waals surface area contributed by atoms with Gasteiger partial charge in [-0.1, -0.05) is 6.58 Å². The minimum absolute atomic E-state index is 0.583. The van der Waals surface area contributed by atoms with E-state index in [2.05, 4.69) is 18.8 Å². The first-order chi connectivity index (χ1) is 3.68. The molecule has 8 heavy (non-hydrogen) atoms. The number of hydrogen-bond donors (Lipinski definition) is 2. The van der Waals surface area contributed by atoms with Crippen LogP contribution in [-0.2, 0) is 4.79 Å². The highest BCUT2D eigenvalue weighted by molar-refractivity contribution is 7.78. The van der Waals surface area contributed by atoms with Crippen molar-refractivity contribution in [2.24, 2.45) is 0 Å². The first-order valence-corrected chi connectivity index (χ1v) is 2.09. The minimum atomic E-state index is -0.981. The number of aliphatic carboxylic acids is 1. The van der Waals surface area contributed by atoms with Crippen molar-refractivity contribution < 1.29 is 15.0 Å². The van der Waals surface area contributed by atoms with Gasteiger partial charge in [0.05, 0.1) is 0 Å². The summed E-state index contributed by atoms with van der Waals surface area (Å²) in [6.07, 6.45) is 0.833. The molecule has 0 aromatic heterocycles. The summed E-state index contributed by atoms with van der Waals surface area (Å²) in [5, 5.41) is 14.9. The van der Waals surface area contributed by atoms with Gasteiger partial charge in [-0.25, -0.2) is 4.79 Å². The molecule has 0 unspecified atom stereocenters. The number of rotatable bonds is 1. The number of hydrogen-bond acceptors (Lipinski definition) is 2. The van der Waals surface area contributed by atoms with Crippen molar-refractivity contribution in [1.29, 1.82) is 0 Å². The molecule has 0 bridgehead atoms. The van der Waals surface area contributed by atoms with Gasteiger partial charge in [0.2, 0.25) is 0 Å². The van der Waals surface area contributed by atoms with Crippen molar-refractivity contribution in [3.8, 4) is 0 Å². The van der Waals surface area contributed by atoms with E-state index in [4.69, 9.17) is 10.2 Å². The van der Waals surface area contributed by atoms with E-state index in [9.17, 15) is 4.79 Å². The van der Waals surface area contributed by atoms with Crippen LogP contribution in [0, 0.1) is 0 Å². The summed E-state index contributed by atoms with van der Waals surface area (Å²) in [7, 11) is 0. The van der Waals surface area contributed by atoms with E-state index in [1.54, 1.807) is 0 Å². The second kappa shape index (κ2) is 9.44. The van der Waals surface area contributed by atoms with Crippen LogP contribution >= 0.6 is 12.2 Å². The molecule has 0 amide bonds. The molecule has 4 heteroatoms. The summed E-state index contributed by atoms with van der Waals surface area (Å²) in [6.45, 7) is 2.96. The number of carbonyl (C=O) groups is 1. The highest BCUT2D eigenvalue weighted by Gasteiger charge is 1.73. The lowest BCUT2D eigenvalue weighted by Crippen LogP contribution is -1.82. The van der Waals surface area contributed by atoms with Crippen molar-refractivity contribution in [2.45, 2.75) is 0 Å². The quantitative estimate of drug-likeness (QED) is 0.410. The molecule has 0 aliphatic carbocycles. The maximum atomic E-state index is 9.25. The Balaban J connectivity index is 0. The summed E-state index contributed by atoms with van der Waals surface area (Å²) in [5.41, 5.74) is 0.583. The first kappa shape index (κ1) is 10.2. The number of carboxylic acids is 1. The average Bonchev–Trinajstić information content (AvgIpc) is 1.69. The van der Waals surface area contributed by atoms with E-state index in [0.29, 0.717) is 5.55 Å². The normalized spacial score (nSPS) is 5.50. The first-order valence-electron chi connectivity index (χ1n) is 1.62. The van der Waals surface area contributed by atoms with E-state index in [1.807, 2.05) is 0 Å². The van der Waals surface area contributed by atoms with E-state index in [1.165, 1.54) is 0 Å². The smallest absolute Gasteiger partial charge is 0.327 e. The van der Waals surface area contributed by atoms with Gasteiger partial charge in [0.15, 0.2) is 0 Å². The third-order valence-electron chi connectivity index (χ3n) is 0.175. The highest BCUT2D eigenvalue weighted by Crippen LogP contribution is 1.54. The van der Waals surface area contributed by atoms with Gasteiger partial charge in [0, 0.05) is 6.08 Å². The summed E-state index contributed by atoms with van der Waals surface area (Å²) < 4.78 is 0. The van der Waals surface area contributed by atoms with Crippen LogP contribution in [0.1, 0.15) is 0 Å². The molecular weight excluding hydrogens is 128 g/mol. The molecule has 3 nitrogen and oxygen atoms in total. The number of thiocarbonyl (C=S) groups is 1. The van der Waals surface area contributed by atoms with Crippen molar-refractivity contribution in [3.05, 3.63) is 12.7 Å². The maximum absolute atomic E-state index is 9.25. The monoisotopic (exact) mass is 134 g/mol. The maximum Gasteiger partial charge on any atom is 0.327 e. The Morgan fingerprint density at radius 2 is 1.88 bits per heavy atom. The molecule has 46 valence electrons. The fourth-order valence-electron chi connectivity index (χ4n) is 0. The van der Waals surface area contributed by atoms with Gasteiger partial charge in [0.25, 0.3) is 0 Å². The number of aliphatic hydroxyl groups excluding tert-OH is 1. The molecule has 0 fully saturated rings. The highest BCUT2D eigenvalue weighted by atomic mass is 32.1. The summed E-state index contributed by atoms with van der Waals surface area (Å²) >= 11 is 3.82. The van der Waals surface area contributed by atoms with E-state index < -0.39 is 5.97 Å². The van der Waals surface area contributed by atoms with E-state index >= 15 is 0 Å².